The van der Waals surface area contributed by atoms with Crippen LogP contribution in [-0.2, 0) is 0 Å². The summed E-state index contributed by atoms with van der Waals surface area (Å²) in [7, 11) is 0. The molecule has 0 N–H and O–H groups in total. The number of hydrogen-bond acceptors (Lipinski definition) is 2. The van der Waals surface area contributed by atoms with Crippen molar-refractivity contribution in [3.63, 3.8) is 0 Å². The molecule has 0 atom stereocenters. The molecule has 0 radical (unpaired) electrons. The Morgan fingerprint density at radius 1 is 0.762 bits per heavy atom. The monoisotopic (exact) mass is 404 g/mol. The summed E-state index contributed by atoms with van der Waals surface area (Å²) in [5.74, 6) is 0.178. The maximum absolute atomic E-state index is 12.1. The van der Waals surface area contributed by atoms with Crippen LogP contribution in [0.5, 0.6) is 5.75 Å². The van der Waals surface area contributed by atoms with E-state index in [2.05, 4.69) is 31.9 Å². The molecule has 0 unspecified atom stereocenters. The Morgan fingerprint density at radius 2 is 1.38 bits per heavy atom. The summed E-state index contributed by atoms with van der Waals surface area (Å²) >= 11 is 6.78. The number of rotatable bonds is 2. The molecule has 0 heterocycles. The van der Waals surface area contributed by atoms with Gasteiger partial charge in [0.05, 0.1) is 5.56 Å². The minimum Gasteiger partial charge on any atom is -0.423 e. The number of benzene rings is 3. The minimum atomic E-state index is -0.362. The van der Waals surface area contributed by atoms with Crippen LogP contribution >= 0.6 is 31.9 Å². The lowest BCUT2D eigenvalue weighted by Crippen LogP contribution is -2.08. The second-order valence-electron chi connectivity index (χ2n) is 4.55. The number of esters is 1. The van der Waals surface area contributed by atoms with E-state index in [1.54, 1.807) is 18.2 Å². The summed E-state index contributed by atoms with van der Waals surface area (Å²) in [4.78, 5) is 12.1. The highest BCUT2D eigenvalue weighted by Gasteiger charge is 2.08. The molecule has 0 aliphatic rings. The average molecular weight is 406 g/mol. The first-order chi connectivity index (χ1) is 10.1. The van der Waals surface area contributed by atoms with Crippen LogP contribution in [0, 0.1) is 0 Å². The van der Waals surface area contributed by atoms with E-state index in [1.807, 2.05) is 42.5 Å². The average Bonchev–Trinajstić information content (AvgIpc) is 2.48. The third-order valence-electron chi connectivity index (χ3n) is 3.06. The van der Waals surface area contributed by atoms with Gasteiger partial charge in [-0.25, -0.2) is 4.79 Å². The summed E-state index contributed by atoms with van der Waals surface area (Å²) in [6.07, 6.45) is 0. The molecule has 21 heavy (non-hydrogen) atoms. The molecular weight excluding hydrogens is 396 g/mol. The van der Waals surface area contributed by atoms with Crippen molar-refractivity contribution in [3.05, 3.63) is 75.2 Å². The van der Waals surface area contributed by atoms with Crippen LogP contribution in [0.1, 0.15) is 10.4 Å². The maximum atomic E-state index is 12.1. The zero-order chi connectivity index (χ0) is 14.8. The van der Waals surface area contributed by atoms with Crippen LogP contribution in [0.4, 0.5) is 0 Å². The van der Waals surface area contributed by atoms with Crippen molar-refractivity contribution in [2.45, 2.75) is 0 Å². The SMILES string of the molecule is O=C(Oc1ccc2cc(Br)ccc2c1)c1ccc(Br)cc1. The van der Waals surface area contributed by atoms with Gasteiger partial charge in [0, 0.05) is 8.95 Å². The Morgan fingerprint density at radius 3 is 2.14 bits per heavy atom. The van der Waals surface area contributed by atoms with Gasteiger partial charge >= 0.3 is 5.97 Å². The largest absolute Gasteiger partial charge is 0.423 e. The molecule has 104 valence electrons. The Balaban J connectivity index is 1.85. The van der Waals surface area contributed by atoms with Gasteiger partial charge in [0.15, 0.2) is 0 Å². The number of fused-ring (bicyclic) bond motifs is 1. The summed E-state index contributed by atoms with van der Waals surface area (Å²) in [6, 6.07) is 18.6. The van der Waals surface area contributed by atoms with Crippen molar-refractivity contribution >= 4 is 48.6 Å². The fourth-order valence-electron chi connectivity index (χ4n) is 2.01. The predicted octanol–water partition coefficient (Wildman–Crippen LogP) is 5.58. The van der Waals surface area contributed by atoms with Crippen molar-refractivity contribution < 1.29 is 9.53 Å². The van der Waals surface area contributed by atoms with Crippen LogP contribution in [0.3, 0.4) is 0 Å². The number of halogens is 2. The van der Waals surface area contributed by atoms with Gasteiger partial charge in [-0.15, -0.1) is 0 Å². The molecule has 0 bridgehead atoms. The predicted molar refractivity (Wildman–Crippen MR) is 90.7 cm³/mol. The molecule has 0 saturated heterocycles. The first-order valence-corrected chi connectivity index (χ1v) is 7.87. The van der Waals surface area contributed by atoms with Gasteiger partial charge in [-0.3, -0.25) is 0 Å². The van der Waals surface area contributed by atoms with Crippen LogP contribution in [-0.4, -0.2) is 5.97 Å². The van der Waals surface area contributed by atoms with E-state index < -0.39 is 0 Å². The number of ether oxygens (including phenoxy) is 1. The van der Waals surface area contributed by atoms with Crippen molar-refractivity contribution in [2.75, 3.05) is 0 Å². The number of hydrogen-bond donors (Lipinski definition) is 0. The standard InChI is InChI=1S/C17H10Br2O2/c18-14-5-1-11(2-6-14)17(20)21-16-8-4-12-9-15(19)7-3-13(12)10-16/h1-10H. The molecule has 0 saturated carbocycles. The van der Waals surface area contributed by atoms with Crippen molar-refractivity contribution in [2.24, 2.45) is 0 Å². The molecule has 2 nitrogen and oxygen atoms in total. The van der Waals surface area contributed by atoms with E-state index in [4.69, 9.17) is 4.74 Å². The summed E-state index contributed by atoms with van der Waals surface area (Å²) in [5, 5.41) is 2.12. The van der Waals surface area contributed by atoms with Crippen LogP contribution in [0.15, 0.2) is 69.6 Å². The van der Waals surface area contributed by atoms with Gasteiger partial charge in [-0.1, -0.05) is 44.0 Å². The summed E-state index contributed by atoms with van der Waals surface area (Å²) in [6.45, 7) is 0. The quantitative estimate of drug-likeness (QED) is 0.410. The lowest BCUT2D eigenvalue weighted by Gasteiger charge is -2.06. The van der Waals surface area contributed by atoms with E-state index in [0.717, 1.165) is 19.7 Å². The fourth-order valence-corrected chi connectivity index (χ4v) is 2.65. The molecule has 0 spiro atoms. The molecule has 4 heteroatoms. The first-order valence-electron chi connectivity index (χ1n) is 6.29. The topological polar surface area (TPSA) is 26.3 Å². The molecule has 0 amide bonds. The van der Waals surface area contributed by atoms with Gasteiger partial charge in [0.2, 0.25) is 0 Å². The maximum Gasteiger partial charge on any atom is 0.343 e. The fraction of sp³-hybridized carbons (Fsp3) is 0. The highest BCUT2D eigenvalue weighted by Crippen LogP contribution is 2.24. The number of carbonyl (C=O) groups excluding carboxylic acids is 1. The first kappa shape index (κ1) is 14.3. The molecule has 3 aromatic carbocycles. The van der Waals surface area contributed by atoms with Crippen LogP contribution in [0.25, 0.3) is 10.8 Å². The molecule has 0 aromatic heterocycles. The molecule has 0 fully saturated rings. The lowest BCUT2D eigenvalue weighted by atomic mass is 10.1. The van der Waals surface area contributed by atoms with Gasteiger partial charge < -0.3 is 4.74 Å². The summed E-state index contributed by atoms with van der Waals surface area (Å²) in [5.41, 5.74) is 0.522. The van der Waals surface area contributed by atoms with E-state index in [9.17, 15) is 4.79 Å². The van der Waals surface area contributed by atoms with Crippen molar-refractivity contribution in [1.82, 2.24) is 0 Å². The highest BCUT2D eigenvalue weighted by atomic mass is 79.9. The summed E-state index contributed by atoms with van der Waals surface area (Å²) < 4.78 is 7.36. The van der Waals surface area contributed by atoms with Gasteiger partial charge in [-0.2, -0.15) is 0 Å². The molecule has 3 rings (SSSR count). The zero-order valence-electron chi connectivity index (χ0n) is 10.8. The number of carbonyl (C=O) groups is 1. The Bertz CT molecular complexity index is 811. The Hall–Kier alpha value is -1.65. The zero-order valence-corrected chi connectivity index (χ0v) is 14.0. The van der Waals surface area contributed by atoms with E-state index in [1.165, 1.54) is 0 Å². The molecule has 0 aliphatic carbocycles. The Kier molecular flexibility index (Phi) is 4.08. The van der Waals surface area contributed by atoms with Gasteiger partial charge in [0.1, 0.15) is 5.75 Å². The van der Waals surface area contributed by atoms with E-state index in [-0.39, 0.29) is 5.97 Å². The minimum absolute atomic E-state index is 0.362. The Labute approximate surface area is 139 Å². The smallest absolute Gasteiger partial charge is 0.343 e. The van der Waals surface area contributed by atoms with Gasteiger partial charge in [0.25, 0.3) is 0 Å². The third kappa shape index (κ3) is 3.34. The highest BCUT2D eigenvalue weighted by molar-refractivity contribution is 9.10. The van der Waals surface area contributed by atoms with E-state index >= 15 is 0 Å². The molecule has 0 aliphatic heterocycles. The van der Waals surface area contributed by atoms with Crippen molar-refractivity contribution in [3.8, 4) is 5.75 Å². The normalized spacial score (nSPS) is 10.6. The van der Waals surface area contributed by atoms with Crippen molar-refractivity contribution in [1.29, 1.82) is 0 Å². The van der Waals surface area contributed by atoms with Crippen LogP contribution in [0.2, 0.25) is 0 Å². The second kappa shape index (κ2) is 6.00. The lowest BCUT2D eigenvalue weighted by molar-refractivity contribution is 0.0735. The second-order valence-corrected chi connectivity index (χ2v) is 6.38. The molecule has 3 aromatic rings. The van der Waals surface area contributed by atoms with E-state index in [0.29, 0.717) is 11.3 Å². The third-order valence-corrected chi connectivity index (χ3v) is 4.09. The molecular formula is C17H10Br2O2. The van der Waals surface area contributed by atoms with Crippen LogP contribution < -0.4 is 4.74 Å². The van der Waals surface area contributed by atoms with Gasteiger partial charge in [-0.05, 0) is 59.3 Å².